The van der Waals surface area contributed by atoms with E-state index in [0.29, 0.717) is 19.0 Å². The quantitative estimate of drug-likeness (QED) is 0.917. The van der Waals surface area contributed by atoms with E-state index in [0.717, 1.165) is 0 Å². The molecule has 0 bridgehead atoms. The Morgan fingerprint density at radius 3 is 2.58 bits per heavy atom. The van der Waals surface area contributed by atoms with Gasteiger partial charge in [0.05, 0.1) is 17.8 Å². The fourth-order valence-electron chi connectivity index (χ4n) is 2.82. The fourth-order valence-corrected chi connectivity index (χ4v) is 2.82. The molecule has 0 amide bonds. The Morgan fingerprint density at radius 2 is 1.92 bits per heavy atom. The molecule has 3 rings (SSSR count). The van der Waals surface area contributed by atoms with E-state index < -0.39 is 6.43 Å². The number of halogens is 2. The second-order valence-corrected chi connectivity index (χ2v) is 5.73. The van der Waals surface area contributed by atoms with Gasteiger partial charge in [0.15, 0.2) is 5.82 Å². The van der Waals surface area contributed by atoms with Crippen molar-refractivity contribution in [3.8, 4) is 11.4 Å². The monoisotopic (exact) mass is 336 g/mol. The Kier molecular flexibility index (Phi) is 4.52. The van der Waals surface area contributed by atoms with Crippen molar-refractivity contribution < 1.29 is 13.5 Å². The minimum Gasteiger partial charge on any atom is -0.383 e. The smallest absolute Gasteiger partial charge is 0.264 e. The van der Waals surface area contributed by atoms with Crippen molar-refractivity contribution in [3.05, 3.63) is 24.2 Å². The molecule has 2 N–H and O–H groups in total. The summed E-state index contributed by atoms with van der Waals surface area (Å²) >= 11 is 0. The maximum absolute atomic E-state index is 13.3. The van der Waals surface area contributed by atoms with Gasteiger partial charge in [-0.25, -0.2) is 23.7 Å². The maximum Gasteiger partial charge on any atom is 0.264 e. The highest BCUT2D eigenvalue weighted by Crippen LogP contribution is 2.32. The number of aromatic nitrogens is 4. The molecule has 7 nitrogen and oxygen atoms in total. The second kappa shape index (κ2) is 6.60. The molecule has 1 fully saturated rings. The van der Waals surface area contributed by atoms with Gasteiger partial charge < -0.3 is 15.4 Å². The molecule has 128 valence electrons. The first-order chi connectivity index (χ1) is 11.5. The van der Waals surface area contributed by atoms with Crippen LogP contribution in [0.2, 0.25) is 0 Å². The number of nitrogens with two attached hydrogens (primary N) is 1. The zero-order valence-electron chi connectivity index (χ0n) is 13.4. The summed E-state index contributed by atoms with van der Waals surface area (Å²) in [5, 5.41) is 0. The summed E-state index contributed by atoms with van der Waals surface area (Å²) in [6.07, 6.45) is -0.116. The van der Waals surface area contributed by atoms with Crippen LogP contribution in [0, 0.1) is 0 Å². The summed E-state index contributed by atoms with van der Waals surface area (Å²) in [5.74, 6) is 0.465. The average molecular weight is 336 g/mol. The number of morpholine rings is 1. The first kappa shape index (κ1) is 16.4. The summed E-state index contributed by atoms with van der Waals surface area (Å²) in [6, 6.07) is 1.22. The minimum atomic E-state index is -2.70. The maximum atomic E-state index is 13.3. The predicted octanol–water partition coefficient (Wildman–Crippen LogP) is 2.07. The molecule has 0 aromatic carbocycles. The van der Waals surface area contributed by atoms with Crippen molar-refractivity contribution in [2.45, 2.75) is 32.5 Å². The zero-order chi connectivity index (χ0) is 17.3. The van der Waals surface area contributed by atoms with E-state index in [1.54, 1.807) is 0 Å². The van der Waals surface area contributed by atoms with Gasteiger partial charge in [0, 0.05) is 24.8 Å². The number of anilines is 2. The van der Waals surface area contributed by atoms with Crippen LogP contribution in [-0.4, -0.2) is 45.2 Å². The molecule has 0 unspecified atom stereocenters. The van der Waals surface area contributed by atoms with Crippen LogP contribution in [0.4, 0.5) is 20.5 Å². The van der Waals surface area contributed by atoms with Crippen molar-refractivity contribution in [1.82, 2.24) is 19.9 Å². The molecular formula is C15H18F2N6O. The van der Waals surface area contributed by atoms with Crippen LogP contribution in [0.5, 0.6) is 0 Å². The lowest BCUT2D eigenvalue weighted by Crippen LogP contribution is -2.46. The highest BCUT2D eigenvalue weighted by molar-refractivity contribution is 5.72. The van der Waals surface area contributed by atoms with E-state index in [1.165, 1.54) is 18.6 Å². The molecule has 0 radical (unpaired) electrons. The second-order valence-electron chi connectivity index (χ2n) is 5.73. The van der Waals surface area contributed by atoms with Gasteiger partial charge in [-0.15, -0.1) is 0 Å². The summed E-state index contributed by atoms with van der Waals surface area (Å²) in [5.41, 5.74) is 5.59. The Morgan fingerprint density at radius 1 is 1.21 bits per heavy atom. The van der Waals surface area contributed by atoms with Crippen LogP contribution in [0.15, 0.2) is 18.6 Å². The van der Waals surface area contributed by atoms with Gasteiger partial charge in [-0.3, -0.25) is 0 Å². The van der Waals surface area contributed by atoms with Crippen molar-refractivity contribution in [1.29, 1.82) is 0 Å². The van der Waals surface area contributed by atoms with E-state index in [2.05, 4.69) is 19.9 Å². The van der Waals surface area contributed by atoms with E-state index >= 15 is 0 Å². The summed E-state index contributed by atoms with van der Waals surface area (Å²) < 4.78 is 32.2. The summed E-state index contributed by atoms with van der Waals surface area (Å²) in [7, 11) is 0. The van der Waals surface area contributed by atoms with E-state index in [4.69, 9.17) is 10.5 Å². The SMILES string of the molecule is C[C@@H]1CN(c2ncnc(-c3c(C(F)F)ccnc3N)n2)C[C@H](C)O1. The number of rotatable bonds is 3. The van der Waals surface area contributed by atoms with Gasteiger partial charge in [0.25, 0.3) is 6.43 Å². The molecule has 0 saturated carbocycles. The van der Waals surface area contributed by atoms with Crippen LogP contribution in [0.1, 0.15) is 25.8 Å². The van der Waals surface area contributed by atoms with Crippen LogP contribution in [0.25, 0.3) is 11.4 Å². The average Bonchev–Trinajstić information content (AvgIpc) is 2.53. The third-order valence-corrected chi connectivity index (χ3v) is 3.73. The van der Waals surface area contributed by atoms with Crippen molar-refractivity contribution in [2.24, 2.45) is 0 Å². The number of hydrogen-bond donors (Lipinski definition) is 1. The Hall–Kier alpha value is -2.42. The van der Waals surface area contributed by atoms with Gasteiger partial charge in [-0.1, -0.05) is 0 Å². The van der Waals surface area contributed by atoms with Gasteiger partial charge in [-0.2, -0.15) is 4.98 Å². The highest BCUT2D eigenvalue weighted by Gasteiger charge is 2.25. The van der Waals surface area contributed by atoms with E-state index in [9.17, 15) is 8.78 Å². The fraction of sp³-hybridized carbons (Fsp3) is 0.467. The minimum absolute atomic E-state index is 0.0223. The molecule has 2 aromatic heterocycles. The van der Waals surface area contributed by atoms with Crippen molar-refractivity contribution in [2.75, 3.05) is 23.7 Å². The molecule has 1 saturated heterocycles. The molecule has 3 heterocycles. The lowest BCUT2D eigenvalue weighted by Gasteiger charge is -2.35. The number of nitrogen functional groups attached to an aromatic ring is 1. The largest absolute Gasteiger partial charge is 0.383 e. The topological polar surface area (TPSA) is 90.1 Å². The third kappa shape index (κ3) is 3.25. The normalized spacial score (nSPS) is 21.3. The van der Waals surface area contributed by atoms with Crippen LogP contribution >= 0.6 is 0 Å². The summed E-state index contributed by atoms with van der Waals surface area (Å²) in [6.45, 7) is 5.13. The third-order valence-electron chi connectivity index (χ3n) is 3.73. The number of alkyl halides is 2. The molecule has 2 atom stereocenters. The molecular weight excluding hydrogens is 318 g/mol. The molecule has 9 heteroatoms. The predicted molar refractivity (Wildman–Crippen MR) is 84.6 cm³/mol. The van der Waals surface area contributed by atoms with Gasteiger partial charge in [0.1, 0.15) is 12.1 Å². The molecule has 0 spiro atoms. The van der Waals surface area contributed by atoms with E-state index in [-0.39, 0.29) is 35.0 Å². The number of nitrogens with zero attached hydrogens (tertiary/aromatic N) is 5. The van der Waals surface area contributed by atoms with Gasteiger partial charge in [-0.05, 0) is 19.9 Å². The Labute approximate surface area is 137 Å². The molecule has 2 aromatic rings. The molecule has 1 aliphatic rings. The number of hydrogen-bond acceptors (Lipinski definition) is 7. The number of pyridine rings is 1. The summed E-state index contributed by atoms with van der Waals surface area (Å²) in [4.78, 5) is 18.3. The Balaban J connectivity index is 2.00. The van der Waals surface area contributed by atoms with Crippen LogP contribution in [-0.2, 0) is 4.74 Å². The lowest BCUT2D eigenvalue weighted by molar-refractivity contribution is -0.00572. The first-order valence-corrected chi connectivity index (χ1v) is 7.58. The number of ether oxygens (including phenoxy) is 1. The Bertz CT molecular complexity index is 719. The van der Waals surface area contributed by atoms with Crippen LogP contribution < -0.4 is 10.6 Å². The molecule has 1 aliphatic heterocycles. The van der Waals surface area contributed by atoms with E-state index in [1.807, 2.05) is 18.7 Å². The van der Waals surface area contributed by atoms with Gasteiger partial charge >= 0.3 is 0 Å². The molecule has 0 aliphatic carbocycles. The van der Waals surface area contributed by atoms with Crippen LogP contribution in [0.3, 0.4) is 0 Å². The highest BCUT2D eigenvalue weighted by atomic mass is 19.3. The first-order valence-electron chi connectivity index (χ1n) is 7.58. The van der Waals surface area contributed by atoms with Crippen molar-refractivity contribution >= 4 is 11.8 Å². The standard InChI is InChI=1S/C15H18F2N6O/c1-8-5-23(6-9(2)24-8)15-21-7-20-14(22-15)11-10(12(16)17)3-4-19-13(11)18/h3-4,7-9,12H,5-6H2,1-2H3,(H2,18,19)/t8-,9+. The van der Waals surface area contributed by atoms with Gasteiger partial charge in [0.2, 0.25) is 5.95 Å². The van der Waals surface area contributed by atoms with Crippen molar-refractivity contribution in [3.63, 3.8) is 0 Å². The molecule has 24 heavy (non-hydrogen) atoms. The zero-order valence-corrected chi connectivity index (χ0v) is 13.4. The lowest BCUT2D eigenvalue weighted by atomic mass is 10.1.